The molecule has 0 spiro atoms. The van der Waals surface area contributed by atoms with Crippen LogP contribution in [0.5, 0.6) is 0 Å². The molecule has 0 aliphatic rings. The van der Waals surface area contributed by atoms with E-state index >= 15 is 0 Å². The minimum atomic E-state index is -0.763. The Bertz CT molecular complexity index is 440. The molecule has 0 aromatic heterocycles. The number of amides is 1. The highest BCUT2D eigenvalue weighted by Gasteiger charge is 2.14. The van der Waals surface area contributed by atoms with Crippen LogP contribution in [0.1, 0.15) is 12.5 Å². The molecule has 0 radical (unpaired) electrons. The van der Waals surface area contributed by atoms with Gasteiger partial charge in [0.2, 0.25) is 5.91 Å². The Balaban J connectivity index is 2.56. The van der Waals surface area contributed by atoms with Gasteiger partial charge in [-0.3, -0.25) is 4.79 Å². The van der Waals surface area contributed by atoms with Gasteiger partial charge in [0, 0.05) is 0 Å². The number of carbonyl (C=O) groups is 2. The zero-order valence-corrected chi connectivity index (χ0v) is 10.1. The number of aliphatic hydroxyl groups excluding tert-OH is 1. The number of hydrogen-bond donors (Lipinski definition) is 2. The molecular formula is C13H15NO4. The number of nitrogens with one attached hydrogen (secondary N) is 1. The molecule has 1 aromatic rings. The largest absolute Gasteiger partial charge is 0.513 e. The first-order chi connectivity index (χ1) is 8.67. The number of benzene rings is 1. The number of carbonyl (C=O) groups excluding carboxylic acids is 2. The monoisotopic (exact) mass is 249 g/mol. The van der Waals surface area contributed by atoms with Crippen LogP contribution in [0.4, 0.5) is 0 Å². The first kappa shape index (κ1) is 13.8. The van der Waals surface area contributed by atoms with Gasteiger partial charge in [-0.05, 0) is 12.5 Å². The second-order valence-electron chi connectivity index (χ2n) is 3.47. The molecule has 1 rings (SSSR count). The maximum atomic E-state index is 11.6. The van der Waals surface area contributed by atoms with E-state index in [1.54, 1.807) is 19.1 Å². The quantitative estimate of drug-likeness (QED) is 0.468. The Hall–Kier alpha value is -2.30. The zero-order chi connectivity index (χ0) is 13.4. The molecule has 96 valence electrons. The molecule has 5 heteroatoms. The molecule has 2 N–H and O–H groups in total. The van der Waals surface area contributed by atoms with Crippen molar-refractivity contribution >= 4 is 11.9 Å². The highest BCUT2D eigenvalue weighted by molar-refractivity contribution is 5.94. The smallest absolute Gasteiger partial charge is 0.358 e. The van der Waals surface area contributed by atoms with Crippen molar-refractivity contribution in [1.82, 2.24) is 5.32 Å². The van der Waals surface area contributed by atoms with Crippen molar-refractivity contribution in [2.24, 2.45) is 0 Å². The molecule has 0 aliphatic carbocycles. The number of rotatable bonds is 5. The molecule has 5 nitrogen and oxygen atoms in total. The highest BCUT2D eigenvalue weighted by Crippen LogP contribution is 2.01. The Kier molecular flexibility index (Phi) is 5.44. The minimum Gasteiger partial charge on any atom is -0.513 e. The van der Waals surface area contributed by atoms with E-state index in [2.05, 4.69) is 10.1 Å². The molecule has 0 saturated carbocycles. The first-order valence-electron chi connectivity index (χ1n) is 5.52. The lowest BCUT2D eigenvalue weighted by Crippen LogP contribution is -2.29. The van der Waals surface area contributed by atoms with Gasteiger partial charge in [0.25, 0.3) is 0 Å². The second-order valence-corrected chi connectivity index (χ2v) is 3.47. The van der Waals surface area contributed by atoms with Gasteiger partial charge in [0.05, 0.1) is 13.0 Å². The Morgan fingerprint density at radius 3 is 2.56 bits per heavy atom. The third-order valence-corrected chi connectivity index (χ3v) is 2.11. The predicted molar refractivity (Wildman–Crippen MR) is 65.6 cm³/mol. The van der Waals surface area contributed by atoms with E-state index in [0.29, 0.717) is 6.26 Å². The van der Waals surface area contributed by atoms with E-state index in [0.717, 1.165) is 5.56 Å². The number of aliphatic hydroxyl groups is 1. The summed E-state index contributed by atoms with van der Waals surface area (Å²) in [5.41, 5.74) is 0.550. The first-order valence-corrected chi connectivity index (χ1v) is 5.52. The molecule has 18 heavy (non-hydrogen) atoms. The van der Waals surface area contributed by atoms with E-state index in [1.807, 2.05) is 18.2 Å². The van der Waals surface area contributed by atoms with Crippen LogP contribution in [-0.2, 0) is 20.7 Å². The maximum absolute atomic E-state index is 11.6. The van der Waals surface area contributed by atoms with E-state index in [9.17, 15) is 9.59 Å². The third-order valence-electron chi connectivity index (χ3n) is 2.11. The summed E-state index contributed by atoms with van der Waals surface area (Å²) in [4.78, 5) is 22.9. The van der Waals surface area contributed by atoms with Crippen LogP contribution in [-0.4, -0.2) is 23.6 Å². The summed E-state index contributed by atoms with van der Waals surface area (Å²) in [6, 6.07) is 9.07. The summed E-state index contributed by atoms with van der Waals surface area (Å²) < 4.78 is 4.66. The van der Waals surface area contributed by atoms with E-state index < -0.39 is 11.9 Å². The molecule has 0 aliphatic heterocycles. The molecule has 0 bridgehead atoms. The van der Waals surface area contributed by atoms with Crippen molar-refractivity contribution in [3.8, 4) is 0 Å². The molecule has 0 fully saturated rings. The van der Waals surface area contributed by atoms with Crippen LogP contribution in [0.2, 0.25) is 0 Å². The van der Waals surface area contributed by atoms with Crippen molar-refractivity contribution < 1.29 is 19.4 Å². The van der Waals surface area contributed by atoms with Gasteiger partial charge < -0.3 is 15.2 Å². The van der Waals surface area contributed by atoms with Gasteiger partial charge in [-0.15, -0.1) is 0 Å². The summed E-state index contributed by atoms with van der Waals surface area (Å²) in [6.07, 6.45) is 0.651. The van der Waals surface area contributed by atoms with E-state index in [1.165, 1.54) is 0 Å². The number of hydrogen-bond acceptors (Lipinski definition) is 4. The average molecular weight is 249 g/mol. The average Bonchev–Trinajstić information content (AvgIpc) is 2.37. The van der Waals surface area contributed by atoms with Crippen molar-refractivity contribution in [3.05, 3.63) is 47.9 Å². The number of ether oxygens (including phenoxy) is 1. The summed E-state index contributed by atoms with van der Waals surface area (Å²) >= 11 is 0. The van der Waals surface area contributed by atoms with Crippen LogP contribution in [0, 0.1) is 0 Å². The van der Waals surface area contributed by atoms with Crippen molar-refractivity contribution in [1.29, 1.82) is 0 Å². The van der Waals surface area contributed by atoms with Gasteiger partial charge in [-0.2, -0.15) is 0 Å². The zero-order valence-electron chi connectivity index (χ0n) is 10.1. The predicted octanol–water partition coefficient (Wildman–Crippen LogP) is 1.31. The van der Waals surface area contributed by atoms with Gasteiger partial charge >= 0.3 is 5.97 Å². The van der Waals surface area contributed by atoms with E-state index in [-0.39, 0.29) is 18.7 Å². The Morgan fingerprint density at radius 1 is 1.33 bits per heavy atom. The molecule has 0 saturated heterocycles. The Morgan fingerprint density at radius 2 is 2.00 bits per heavy atom. The minimum absolute atomic E-state index is 0.123. The number of esters is 1. The van der Waals surface area contributed by atoms with Crippen molar-refractivity contribution in [2.45, 2.75) is 13.3 Å². The lowest BCUT2D eigenvalue weighted by atomic mass is 10.1. The summed E-state index contributed by atoms with van der Waals surface area (Å²) in [5.74, 6) is -1.16. The van der Waals surface area contributed by atoms with Crippen LogP contribution in [0.25, 0.3) is 0 Å². The summed E-state index contributed by atoms with van der Waals surface area (Å²) in [7, 11) is 0. The van der Waals surface area contributed by atoms with Gasteiger partial charge in [-0.25, -0.2) is 4.79 Å². The van der Waals surface area contributed by atoms with Crippen LogP contribution < -0.4 is 5.32 Å². The van der Waals surface area contributed by atoms with Gasteiger partial charge in [0.15, 0.2) is 5.70 Å². The third kappa shape index (κ3) is 4.29. The molecule has 0 unspecified atom stereocenters. The molecule has 1 aromatic carbocycles. The fraction of sp³-hybridized carbons (Fsp3) is 0.231. The second kappa shape index (κ2) is 7.11. The molecule has 1 amide bonds. The fourth-order valence-electron chi connectivity index (χ4n) is 1.32. The Labute approximate surface area is 105 Å². The van der Waals surface area contributed by atoms with Crippen LogP contribution in [0.3, 0.4) is 0 Å². The van der Waals surface area contributed by atoms with Crippen molar-refractivity contribution in [3.63, 3.8) is 0 Å². The van der Waals surface area contributed by atoms with Crippen molar-refractivity contribution in [2.75, 3.05) is 6.61 Å². The molecule has 0 heterocycles. The van der Waals surface area contributed by atoms with E-state index in [4.69, 9.17) is 5.11 Å². The normalized spacial score (nSPS) is 10.8. The van der Waals surface area contributed by atoms with Crippen LogP contribution >= 0.6 is 0 Å². The highest BCUT2D eigenvalue weighted by atomic mass is 16.5. The standard InChI is InChI=1S/C13H15NO4/c1-2-18-13(17)11(9-15)14-12(16)8-10-6-4-3-5-7-10/h3-7,9,15H,2,8H2,1H3,(H,14,16)/b11-9+. The summed E-state index contributed by atoms with van der Waals surface area (Å²) in [6.45, 7) is 1.81. The lowest BCUT2D eigenvalue weighted by Gasteiger charge is -2.07. The lowest BCUT2D eigenvalue weighted by molar-refractivity contribution is -0.140. The topological polar surface area (TPSA) is 75.6 Å². The fourth-order valence-corrected chi connectivity index (χ4v) is 1.32. The van der Waals surface area contributed by atoms with Crippen LogP contribution in [0.15, 0.2) is 42.3 Å². The maximum Gasteiger partial charge on any atom is 0.358 e. The van der Waals surface area contributed by atoms with Gasteiger partial charge in [0.1, 0.15) is 6.26 Å². The molecule has 0 atom stereocenters. The molecular weight excluding hydrogens is 234 g/mol. The SMILES string of the molecule is CCOC(=O)/C(=C\O)NC(=O)Cc1ccccc1. The van der Waals surface area contributed by atoms with Gasteiger partial charge in [-0.1, -0.05) is 30.3 Å². The summed E-state index contributed by atoms with van der Waals surface area (Å²) in [5, 5.41) is 11.2.